The van der Waals surface area contributed by atoms with Gasteiger partial charge in [0.05, 0.1) is 18.6 Å². The number of aliphatic carboxylic acids is 1. The number of carbonyl (C=O) groups is 3. The number of nitrogens with one attached hydrogen (secondary N) is 1. The number of carboxylic acids is 1. The fraction of sp³-hybridized carbons (Fsp3) is 0.312. The van der Waals surface area contributed by atoms with Gasteiger partial charge in [0.2, 0.25) is 5.91 Å². The summed E-state index contributed by atoms with van der Waals surface area (Å²) >= 11 is 1.52. The van der Waals surface area contributed by atoms with Crippen LogP contribution in [-0.2, 0) is 22.7 Å². The first-order valence-corrected chi connectivity index (χ1v) is 9.02. The van der Waals surface area contributed by atoms with E-state index in [1.165, 1.54) is 22.6 Å². The largest absolute Gasteiger partial charge is 0.480 e. The Hall–Kier alpha value is -2.88. The summed E-state index contributed by atoms with van der Waals surface area (Å²) in [5.41, 5.74) is 0.996. The van der Waals surface area contributed by atoms with Crippen LogP contribution in [0.1, 0.15) is 16.1 Å². The second-order valence-electron chi connectivity index (χ2n) is 5.68. The number of benzene rings is 1. The minimum absolute atomic E-state index is 0.118. The van der Waals surface area contributed by atoms with Crippen LogP contribution in [0.5, 0.6) is 0 Å². The van der Waals surface area contributed by atoms with Crippen LogP contribution in [0.3, 0.4) is 0 Å². The van der Waals surface area contributed by atoms with Crippen LogP contribution < -0.4 is 5.32 Å². The van der Waals surface area contributed by atoms with Crippen LogP contribution in [0.2, 0.25) is 0 Å². The molecule has 9 nitrogen and oxygen atoms in total. The molecule has 1 aliphatic heterocycles. The number of hydrogen-bond acceptors (Lipinski definition) is 6. The van der Waals surface area contributed by atoms with E-state index in [1.54, 1.807) is 29.2 Å². The quantitative estimate of drug-likeness (QED) is 0.740. The van der Waals surface area contributed by atoms with E-state index >= 15 is 0 Å². The molecule has 0 saturated carbocycles. The average Bonchev–Trinajstić information content (AvgIpc) is 3.29. The van der Waals surface area contributed by atoms with Crippen molar-refractivity contribution in [1.29, 1.82) is 0 Å². The molecule has 2 aromatic rings. The topological polar surface area (TPSA) is 117 Å². The van der Waals surface area contributed by atoms with Crippen LogP contribution in [0.25, 0.3) is 0 Å². The lowest BCUT2D eigenvalue weighted by Gasteiger charge is -2.23. The zero-order valence-electron chi connectivity index (χ0n) is 13.7. The van der Waals surface area contributed by atoms with Crippen molar-refractivity contribution in [2.75, 3.05) is 11.6 Å². The van der Waals surface area contributed by atoms with Gasteiger partial charge in [-0.3, -0.25) is 14.4 Å². The zero-order valence-corrected chi connectivity index (χ0v) is 14.6. The van der Waals surface area contributed by atoms with E-state index < -0.39 is 12.0 Å². The van der Waals surface area contributed by atoms with Crippen molar-refractivity contribution in [3.05, 3.63) is 47.8 Å². The highest BCUT2D eigenvalue weighted by Crippen LogP contribution is 2.23. The van der Waals surface area contributed by atoms with Gasteiger partial charge in [0.1, 0.15) is 18.3 Å². The molecular weight excluding hydrogens is 358 g/mol. The number of rotatable bonds is 6. The standard InChI is InChI=1S/C16H17N5O4S/c22-14(23)8-20-7-12(18-19-20)6-17-15(24)13-9-26-10-21(13)16(25)11-4-2-1-3-5-11/h1-5,7,13H,6,8-10H2,(H,17,24)(H,22,23). The van der Waals surface area contributed by atoms with Gasteiger partial charge < -0.3 is 15.3 Å². The predicted octanol–water partition coefficient (Wildman–Crippen LogP) is 0.194. The third kappa shape index (κ3) is 4.20. The molecule has 0 bridgehead atoms. The molecule has 1 aliphatic rings. The van der Waals surface area contributed by atoms with Crippen LogP contribution >= 0.6 is 11.8 Å². The molecule has 1 saturated heterocycles. The number of hydrogen-bond donors (Lipinski definition) is 2. The predicted molar refractivity (Wildman–Crippen MR) is 93.2 cm³/mol. The molecule has 26 heavy (non-hydrogen) atoms. The minimum atomic E-state index is -1.02. The lowest BCUT2D eigenvalue weighted by Crippen LogP contribution is -2.47. The Bertz CT molecular complexity index is 810. The van der Waals surface area contributed by atoms with Gasteiger partial charge in [0.25, 0.3) is 5.91 Å². The van der Waals surface area contributed by atoms with Gasteiger partial charge in [-0.15, -0.1) is 16.9 Å². The zero-order chi connectivity index (χ0) is 18.5. The number of thioether (sulfide) groups is 1. The summed E-state index contributed by atoms with van der Waals surface area (Å²) < 4.78 is 1.18. The van der Waals surface area contributed by atoms with E-state index in [1.807, 2.05) is 6.07 Å². The smallest absolute Gasteiger partial charge is 0.325 e. The maximum atomic E-state index is 12.6. The van der Waals surface area contributed by atoms with Crippen molar-refractivity contribution in [2.24, 2.45) is 0 Å². The third-order valence-electron chi connectivity index (χ3n) is 3.79. The maximum Gasteiger partial charge on any atom is 0.325 e. The molecule has 1 atom stereocenters. The van der Waals surface area contributed by atoms with Crippen molar-refractivity contribution in [3.63, 3.8) is 0 Å². The van der Waals surface area contributed by atoms with Crippen LogP contribution in [0.4, 0.5) is 0 Å². The summed E-state index contributed by atoms with van der Waals surface area (Å²) in [5.74, 6) is -0.491. The van der Waals surface area contributed by atoms with Gasteiger partial charge in [0, 0.05) is 11.3 Å². The van der Waals surface area contributed by atoms with E-state index in [-0.39, 0.29) is 24.9 Å². The van der Waals surface area contributed by atoms with Gasteiger partial charge in [-0.05, 0) is 12.1 Å². The van der Waals surface area contributed by atoms with E-state index in [4.69, 9.17) is 5.11 Å². The summed E-state index contributed by atoms with van der Waals surface area (Å²) in [5, 5.41) is 18.9. The Morgan fingerprint density at radius 2 is 2.04 bits per heavy atom. The molecule has 136 valence electrons. The summed E-state index contributed by atoms with van der Waals surface area (Å²) in [7, 11) is 0. The van der Waals surface area contributed by atoms with Crippen LogP contribution in [0.15, 0.2) is 36.5 Å². The molecule has 2 heterocycles. The molecule has 1 aromatic heterocycles. The van der Waals surface area contributed by atoms with Crippen LogP contribution in [0, 0.1) is 0 Å². The second kappa shape index (κ2) is 8.00. The van der Waals surface area contributed by atoms with Gasteiger partial charge >= 0.3 is 5.97 Å². The first-order valence-electron chi connectivity index (χ1n) is 7.87. The molecule has 10 heteroatoms. The molecule has 3 rings (SSSR count). The summed E-state index contributed by atoms with van der Waals surface area (Å²) in [6.07, 6.45) is 1.46. The number of amides is 2. The Kier molecular flexibility index (Phi) is 5.52. The van der Waals surface area contributed by atoms with Crippen molar-refractivity contribution in [2.45, 2.75) is 19.1 Å². The van der Waals surface area contributed by atoms with Gasteiger partial charge in [-0.25, -0.2) is 4.68 Å². The molecule has 0 spiro atoms. The van der Waals surface area contributed by atoms with Gasteiger partial charge in [0.15, 0.2) is 0 Å². The Morgan fingerprint density at radius 3 is 2.77 bits per heavy atom. The van der Waals surface area contributed by atoms with E-state index in [9.17, 15) is 14.4 Å². The van der Waals surface area contributed by atoms with Crippen molar-refractivity contribution < 1.29 is 19.5 Å². The summed E-state index contributed by atoms with van der Waals surface area (Å²) in [6.45, 7) is -0.174. The summed E-state index contributed by atoms with van der Waals surface area (Å²) in [6, 6.07) is 8.29. The van der Waals surface area contributed by atoms with Crippen molar-refractivity contribution in [1.82, 2.24) is 25.2 Å². The Labute approximate surface area is 153 Å². The Balaban J connectivity index is 1.59. The van der Waals surface area contributed by atoms with Gasteiger partial charge in [-0.1, -0.05) is 23.4 Å². The Morgan fingerprint density at radius 1 is 1.27 bits per heavy atom. The lowest BCUT2D eigenvalue weighted by molar-refractivity contribution is -0.138. The molecule has 1 unspecified atom stereocenters. The monoisotopic (exact) mass is 375 g/mol. The number of nitrogens with zero attached hydrogens (tertiary/aromatic N) is 4. The van der Waals surface area contributed by atoms with Crippen LogP contribution in [-0.4, -0.2) is 60.5 Å². The average molecular weight is 375 g/mol. The summed E-state index contributed by atoms with van der Waals surface area (Å²) in [4.78, 5) is 37.3. The van der Waals surface area contributed by atoms with E-state index in [0.29, 0.717) is 22.9 Å². The lowest BCUT2D eigenvalue weighted by atomic mass is 10.1. The fourth-order valence-corrected chi connectivity index (χ4v) is 3.69. The molecule has 2 N–H and O–H groups in total. The number of aromatic nitrogens is 3. The molecule has 1 fully saturated rings. The maximum absolute atomic E-state index is 12.6. The van der Waals surface area contributed by atoms with Crippen molar-refractivity contribution >= 4 is 29.5 Å². The number of carboxylic acid groups (broad SMARTS) is 1. The van der Waals surface area contributed by atoms with Crippen molar-refractivity contribution in [3.8, 4) is 0 Å². The first-order chi connectivity index (χ1) is 12.5. The first kappa shape index (κ1) is 17.9. The van der Waals surface area contributed by atoms with Gasteiger partial charge in [-0.2, -0.15) is 0 Å². The molecule has 0 aliphatic carbocycles. The van der Waals surface area contributed by atoms with E-state index in [0.717, 1.165) is 0 Å². The normalized spacial score (nSPS) is 16.5. The molecule has 2 amide bonds. The molecule has 1 aromatic carbocycles. The highest BCUT2D eigenvalue weighted by atomic mass is 32.2. The highest BCUT2D eigenvalue weighted by Gasteiger charge is 2.34. The third-order valence-corrected chi connectivity index (χ3v) is 4.81. The van der Waals surface area contributed by atoms with E-state index in [2.05, 4.69) is 15.6 Å². The molecule has 0 radical (unpaired) electrons. The minimum Gasteiger partial charge on any atom is -0.480 e. The SMILES string of the molecule is O=C(O)Cn1cc(CNC(=O)C2CSCN2C(=O)c2ccccc2)nn1. The molecular formula is C16H17N5O4S. The second-order valence-corrected chi connectivity index (χ2v) is 6.68. The fourth-order valence-electron chi connectivity index (χ4n) is 2.54. The highest BCUT2D eigenvalue weighted by molar-refractivity contribution is 7.99. The number of carbonyl (C=O) groups excluding carboxylic acids is 2.